The molecular formula is C10H9Cu. The van der Waals surface area contributed by atoms with Crippen molar-refractivity contribution in [3.05, 3.63) is 47.7 Å². The van der Waals surface area contributed by atoms with E-state index in [2.05, 4.69) is 11.8 Å². The molecular weight excluding hydrogens is 184 g/mol. The molecule has 0 N–H and O–H groups in total. The van der Waals surface area contributed by atoms with Crippen molar-refractivity contribution in [2.45, 2.75) is 6.92 Å². The Hall–Kier alpha value is -0.741. The topological polar surface area (TPSA) is 0 Å². The normalized spacial score (nSPS) is 7.36. The first-order valence-electron chi connectivity index (χ1n) is 3.24. The van der Waals surface area contributed by atoms with Gasteiger partial charge in [0.15, 0.2) is 0 Å². The molecule has 0 nitrogen and oxygen atoms in total. The first kappa shape index (κ1) is 10.3. The van der Waals surface area contributed by atoms with Crippen LogP contribution >= 0.6 is 0 Å². The van der Waals surface area contributed by atoms with Gasteiger partial charge in [0.25, 0.3) is 0 Å². The molecule has 0 amide bonds. The smallest absolute Gasteiger partial charge is 0.331 e. The number of hydrogen-bond donors (Lipinski definition) is 0. The minimum Gasteiger partial charge on any atom is -0.331 e. The summed E-state index contributed by atoms with van der Waals surface area (Å²) in [6.45, 7) is 1.83. The molecule has 0 saturated carbocycles. The molecule has 0 aliphatic carbocycles. The summed E-state index contributed by atoms with van der Waals surface area (Å²) in [5.41, 5.74) is 4.05. The SMILES string of the molecule is C[C-]=C=Cc1ccccc1.[Cu+]. The Morgan fingerprint density at radius 3 is 2.45 bits per heavy atom. The third-order valence-corrected chi connectivity index (χ3v) is 1.18. The zero-order chi connectivity index (χ0) is 7.23. The molecule has 0 radical (unpaired) electrons. The van der Waals surface area contributed by atoms with Crippen LogP contribution < -0.4 is 0 Å². The van der Waals surface area contributed by atoms with Gasteiger partial charge in [0.1, 0.15) is 0 Å². The fourth-order valence-electron chi connectivity index (χ4n) is 0.705. The van der Waals surface area contributed by atoms with Crippen LogP contribution in [0.25, 0.3) is 6.08 Å². The van der Waals surface area contributed by atoms with E-state index in [0.29, 0.717) is 0 Å². The third kappa shape index (κ3) is 3.85. The maximum atomic E-state index is 2.89. The van der Waals surface area contributed by atoms with Gasteiger partial charge in [-0.25, -0.2) is 6.08 Å². The molecule has 0 bridgehead atoms. The Labute approximate surface area is 78.1 Å². The van der Waals surface area contributed by atoms with E-state index in [9.17, 15) is 0 Å². The van der Waals surface area contributed by atoms with Gasteiger partial charge in [-0.3, -0.25) is 0 Å². The third-order valence-electron chi connectivity index (χ3n) is 1.18. The molecule has 0 spiro atoms. The fraction of sp³-hybridized carbons (Fsp3) is 0.100. The Balaban J connectivity index is 0.000001000. The van der Waals surface area contributed by atoms with Crippen LogP contribution in [0.4, 0.5) is 0 Å². The van der Waals surface area contributed by atoms with E-state index in [1.165, 1.54) is 0 Å². The first-order valence-corrected chi connectivity index (χ1v) is 3.24. The van der Waals surface area contributed by atoms with Crippen LogP contribution in [0.2, 0.25) is 0 Å². The Bertz CT molecular complexity index is 243. The number of allylic oxidation sites excluding steroid dienone is 1. The first-order chi connectivity index (χ1) is 4.93. The molecule has 1 heteroatoms. The van der Waals surface area contributed by atoms with Crippen LogP contribution in [0, 0.1) is 6.08 Å². The van der Waals surface area contributed by atoms with E-state index >= 15 is 0 Å². The maximum Gasteiger partial charge on any atom is 1.00 e. The fourth-order valence-corrected chi connectivity index (χ4v) is 0.705. The molecule has 0 aromatic heterocycles. The summed E-state index contributed by atoms with van der Waals surface area (Å²) in [7, 11) is 0. The number of benzene rings is 1. The summed E-state index contributed by atoms with van der Waals surface area (Å²) in [5.74, 6) is 0. The summed E-state index contributed by atoms with van der Waals surface area (Å²) in [6.07, 6.45) is 4.71. The van der Waals surface area contributed by atoms with Crippen LogP contribution in [-0.2, 0) is 17.1 Å². The molecule has 0 saturated heterocycles. The predicted octanol–water partition coefficient (Wildman–Crippen LogP) is 2.68. The average Bonchev–Trinajstić information content (AvgIpc) is 2.03. The van der Waals surface area contributed by atoms with Crippen molar-refractivity contribution in [1.82, 2.24) is 0 Å². The van der Waals surface area contributed by atoms with E-state index < -0.39 is 0 Å². The molecule has 60 valence electrons. The van der Waals surface area contributed by atoms with Gasteiger partial charge >= 0.3 is 17.1 Å². The van der Waals surface area contributed by atoms with E-state index in [1.807, 2.05) is 43.3 Å². The Morgan fingerprint density at radius 2 is 1.91 bits per heavy atom. The van der Waals surface area contributed by atoms with E-state index in [1.54, 1.807) is 0 Å². The zero-order valence-electron chi connectivity index (χ0n) is 6.27. The van der Waals surface area contributed by atoms with Gasteiger partial charge in [-0.1, -0.05) is 35.9 Å². The standard InChI is InChI=1S/C10H9.Cu/c1-2-3-7-10-8-5-4-6-9-10;/h4-9H,1H3;/q-1;+1. The van der Waals surface area contributed by atoms with Crippen LogP contribution in [0.3, 0.4) is 0 Å². The van der Waals surface area contributed by atoms with Gasteiger partial charge in [0, 0.05) is 0 Å². The van der Waals surface area contributed by atoms with Crippen molar-refractivity contribution in [3.8, 4) is 0 Å². The van der Waals surface area contributed by atoms with E-state index in [4.69, 9.17) is 0 Å². The molecule has 0 aliphatic rings. The predicted molar refractivity (Wildman–Crippen MR) is 43.3 cm³/mol. The Kier molecular flexibility index (Phi) is 5.60. The number of rotatable bonds is 1. The van der Waals surface area contributed by atoms with Gasteiger partial charge in [-0.2, -0.15) is 6.08 Å². The quantitative estimate of drug-likeness (QED) is 0.365. The summed E-state index contributed by atoms with van der Waals surface area (Å²) >= 11 is 0. The van der Waals surface area contributed by atoms with Crippen LogP contribution in [0.15, 0.2) is 36.1 Å². The summed E-state index contributed by atoms with van der Waals surface area (Å²) < 4.78 is 0. The van der Waals surface area contributed by atoms with Crippen LogP contribution in [-0.4, -0.2) is 0 Å². The van der Waals surface area contributed by atoms with E-state index in [0.717, 1.165) is 5.56 Å². The second-order valence-electron chi connectivity index (χ2n) is 1.95. The molecule has 0 aliphatic heterocycles. The summed E-state index contributed by atoms with van der Waals surface area (Å²) in [4.78, 5) is 0. The van der Waals surface area contributed by atoms with Crippen molar-refractivity contribution in [2.75, 3.05) is 0 Å². The van der Waals surface area contributed by atoms with Crippen molar-refractivity contribution in [3.63, 3.8) is 0 Å². The molecule has 0 atom stereocenters. The Morgan fingerprint density at radius 1 is 1.27 bits per heavy atom. The second-order valence-corrected chi connectivity index (χ2v) is 1.95. The number of hydrogen-bond acceptors (Lipinski definition) is 0. The molecule has 1 rings (SSSR count). The molecule has 1 aromatic rings. The van der Waals surface area contributed by atoms with Crippen molar-refractivity contribution < 1.29 is 17.1 Å². The van der Waals surface area contributed by atoms with Gasteiger partial charge in [-0.05, 0) is 0 Å². The van der Waals surface area contributed by atoms with Crippen LogP contribution in [0.5, 0.6) is 0 Å². The molecule has 0 fully saturated rings. The minimum absolute atomic E-state index is 0. The van der Waals surface area contributed by atoms with Gasteiger partial charge in [0.2, 0.25) is 0 Å². The molecule has 0 heterocycles. The van der Waals surface area contributed by atoms with Crippen LogP contribution in [0.1, 0.15) is 12.5 Å². The zero-order valence-corrected chi connectivity index (χ0v) is 7.21. The monoisotopic (exact) mass is 192 g/mol. The van der Waals surface area contributed by atoms with Gasteiger partial charge < -0.3 is 5.73 Å². The molecule has 1 aromatic carbocycles. The average molecular weight is 193 g/mol. The van der Waals surface area contributed by atoms with Crippen molar-refractivity contribution >= 4 is 6.08 Å². The largest absolute Gasteiger partial charge is 1.00 e. The van der Waals surface area contributed by atoms with Crippen molar-refractivity contribution in [2.24, 2.45) is 0 Å². The summed E-state index contributed by atoms with van der Waals surface area (Å²) in [6, 6.07) is 10.1. The molecule has 11 heavy (non-hydrogen) atoms. The maximum absolute atomic E-state index is 2.89. The minimum atomic E-state index is 0. The summed E-state index contributed by atoms with van der Waals surface area (Å²) in [5, 5.41) is 0. The van der Waals surface area contributed by atoms with E-state index in [-0.39, 0.29) is 17.1 Å². The van der Waals surface area contributed by atoms with Gasteiger partial charge in [-0.15, -0.1) is 6.92 Å². The van der Waals surface area contributed by atoms with Gasteiger partial charge in [0.05, 0.1) is 0 Å². The van der Waals surface area contributed by atoms with Crippen molar-refractivity contribution in [1.29, 1.82) is 0 Å². The second kappa shape index (κ2) is 6.00. The molecule has 0 unspecified atom stereocenters.